The summed E-state index contributed by atoms with van der Waals surface area (Å²) in [5.41, 5.74) is 7.86. The molecule has 0 atom stereocenters. The van der Waals surface area contributed by atoms with Crippen molar-refractivity contribution in [3.05, 3.63) is 41.3 Å². The molecule has 1 aromatic heterocycles. The van der Waals surface area contributed by atoms with Crippen molar-refractivity contribution in [2.75, 3.05) is 5.73 Å². The van der Waals surface area contributed by atoms with Crippen molar-refractivity contribution >= 4 is 17.0 Å². The summed E-state index contributed by atoms with van der Waals surface area (Å²) in [4.78, 5) is 2.56. The van der Waals surface area contributed by atoms with Gasteiger partial charge in [-0.3, -0.25) is 0 Å². The van der Waals surface area contributed by atoms with Gasteiger partial charge in [0.1, 0.15) is 0 Å². The minimum Gasteiger partial charge on any atom is -0.398 e. The molecular formula is C11H11NS. The van der Waals surface area contributed by atoms with E-state index in [2.05, 4.69) is 25.1 Å². The van der Waals surface area contributed by atoms with E-state index >= 15 is 0 Å². The molecule has 2 heteroatoms. The second-order valence-corrected chi connectivity index (χ2v) is 4.29. The summed E-state index contributed by atoms with van der Waals surface area (Å²) in [5, 5.41) is 0. The first kappa shape index (κ1) is 8.32. The Morgan fingerprint density at radius 3 is 2.46 bits per heavy atom. The van der Waals surface area contributed by atoms with Crippen molar-refractivity contribution in [3.63, 3.8) is 0 Å². The van der Waals surface area contributed by atoms with E-state index in [0.29, 0.717) is 0 Å². The van der Waals surface area contributed by atoms with Gasteiger partial charge in [0.2, 0.25) is 0 Å². The van der Waals surface area contributed by atoms with E-state index in [9.17, 15) is 0 Å². The van der Waals surface area contributed by atoms with E-state index < -0.39 is 0 Å². The molecule has 1 aromatic carbocycles. The predicted molar refractivity (Wildman–Crippen MR) is 58.9 cm³/mol. The molecule has 0 bridgehead atoms. The normalized spacial score (nSPS) is 10.2. The van der Waals surface area contributed by atoms with Crippen LogP contribution >= 0.6 is 11.3 Å². The van der Waals surface area contributed by atoms with E-state index in [0.717, 1.165) is 11.3 Å². The number of aryl methyl sites for hydroxylation is 1. The maximum Gasteiger partial charge on any atom is 0.0401 e. The Bertz CT molecular complexity index is 418. The van der Waals surface area contributed by atoms with E-state index in [1.807, 2.05) is 18.2 Å². The Hall–Kier alpha value is -1.28. The van der Waals surface area contributed by atoms with Gasteiger partial charge < -0.3 is 5.73 Å². The van der Waals surface area contributed by atoms with E-state index in [4.69, 9.17) is 5.73 Å². The van der Waals surface area contributed by atoms with Crippen molar-refractivity contribution in [2.24, 2.45) is 0 Å². The Labute approximate surface area is 81.8 Å². The largest absolute Gasteiger partial charge is 0.398 e. The Morgan fingerprint density at radius 2 is 1.85 bits per heavy atom. The minimum atomic E-state index is 0.851. The van der Waals surface area contributed by atoms with Gasteiger partial charge in [-0.1, -0.05) is 18.2 Å². The number of hydrogen-bond donors (Lipinski definition) is 1. The van der Waals surface area contributed by atoms with Gasteiger partial charge in [-0.05, 0) is 25.1 Å². The number of nitrogen functional groups attached to an aromatic ring is 1. The Kier molecular flexibility index (Phi) is 2.07. The van der Waals surface area contributed by atoms with Crippen LogP contribution in [0.15, 0.2) is 36.4 Å². The van der Waals surface area contributed by atoms with Crippen LogP contribution in [0.25, 0.3) is 10.4 Å². The summed E-state index contributed by atoms with van der Waals surface area (Å²) >= 11 is 1.77. The summed E-state index contributed by atoms with van der Waals surface area (Å²) in [6, 6.07) is 12.2. The summed E-state index contributed by atoms with van der Waals surface area (Å²) in [6.07, 6.45) is 0. The first-order valence-corrected chi connectivity index (χ1v) is 5.00. The van der Waals surface area contributed by atoms with Gasteiger partial charge in [-0.2, -0.15) is 0 Å². The molecule has 0 aliphatic heterocycles. The van der Waals surface area contributed by atoms with Crippen LogP contribution in [0.1, 0.15) is 4.88 Å². The van der Waals surface area contributed by atoms with Crippen LogP contribution in [0.2, 0.25) is 0 Å². The lowest BCUT2D eigenvalue weighted by Crippen LogP contribution is -1.86. The molecule has 0 aliphatic rings. The van der Waals surface area contributed by atoms with Crippen molar-refractivity contribution in [1.82, 2.24) is 0 Å². The molecule has 1 nitrogen and oxygen atoms in total. The molecule has 0 fully saturated rings. The minimum absolute atomic E-state index is 0.851. The fourth-order valence-electron chi connectivity index (χ4n) is 1.30. The number of anilines is 1. The number of nitrogens with two attached hydrogens (primary N) is 1. The molecule has 66 valence electrons. The van der Waals surface area contributed by atoms with Crippen molar-refractivity contribution in [3.8, 4) is 10.4 Å². The zero-order valence-corrected chi connectivity index (χ0v) is 8.27. The first-order valence-electron chi connectivity index (χ1n) is 4.18. The molecule has 2 N–H and O–H groups in total. The molecule has 1 heterocycles. The number of hydrogen-bond acceptors (Lipinski definition) is 2. The van der Waals surface area contributed by atoms with Crippen molar-refractivity contribution < 1.29 is 0 Å². The lowest BCUT2D eigenvalue weighted by molar-refractivity contribution is 1.64. The molecule has 0 unspecified atom stereocenters. The fourth-order valence-corrected chi connectivity index (χ4v) is 2.22. The third-order valence-electron chi connectivity index (χ3n) is 1.97. The van der Waals surface area contributed by atoms with Crippen LogP contribution in [-0.4, -0.2) is 0 Å². The highest BCUT2D eigenvalue weighted by Gasteiger charge is 2.02. The van der Waals surface area contributed by atoms with Gasteiger partial charge in [0, 0.05) is 21.0 Å². The maximum absolute atomic E-state index is 5.87. The highest BCUT2D eigenvalue weighted by molar-refractivity contribution is 7.15. The second kappa shape index (κ2) is 3.23. The lowest BCUT2D eigenvalue weighted by Gasteiger charge is -2.00. The van der Waals surface area contributed by atoms with Crippen LogP contribution in [0.3, 0.4) is 0 Å². The second-order valence-electron chi connectivity index (χ2n) is 3.00. The molecule has 13 heavy (non-hydrogen) atoms. The smallest absolute Gasteiger partial charge is 0.0401 e. The van der Waals surface area contributed by atoms with Gasteiger partial charge in [0.05, 0.1) is 0 Å². The summed E-state index contributed by atoms with van der Waals surface area (Å²) in [7, 11) is 0. The summed E-state index contributed by atoms with van der Waals surface area (Å²) in [6.45, 7) is 2.10. The van der Waals surface area contributed by atoms with Crippen LogP contribution in [0.5, 0.6) is 0 Å². The van der Waals surface area contributed by atoms with Crippen LogP contribution in [-0.2, 0) is 0 Å². The van der Waals surface area contributed by atoms with Gasteiger partial charge >= 0.3 is 0 Å². The third-order valence-corrected chi connectivity index (χ3v) is 3.00. The molecular weight excluding hydrogens is 178 g/mol. The third kappa shape index (κ3) is 1.58. The van der Waals surface area contributed by atoms with Crippen LogP contribution in [0.4, 0.5) is 5.69 Å². The molecule has 2 rings (SSSR count). The molecule has 2 aromatic rings. The molecule has 0 saturated carbocycles. The van der Waals surface area contributed by atoms with Crippen molar-refractivity contribution in [1.29, 1.82) is 0 Å². The summed E-state index contributed by atoms with van der Waals surface area (Å²) < 4.78 is 0. The average molecular weight is 189 g/mol. The van der Waals surface area contributed by atoms with Gasteiger partial charge in [-0.25, -0.2) is 0 Å². The zero-order valence-electron chi connectivity index (χ0n) is 7.45. The standard InChI is InChI=1S/C11H11NS/c1-8-6-7-11(13-8)9-4-2-3-5-10(9)12/h2-7H,12H2,1H3. The topological polar surface area (TPSA) is 26.0 Å². The van der Waals surface area contributed by atoms with Crippen LogP contribution in [0, 0.1) is 6.92 Å². The number of thiophene rings is 1. The number of rotatable bonds is 1. The average Bonchev–Trinajstić information content (AvgIpc) is 2.53. The van der Waals surface area contributed by atoms with Gasteiger partial charge in [-0.15, -0.1) is 11.3 Å². The van der Waals surface area contributed by atoms with Crippen LogP contribution < -0.4 is 5.73 Å². The maximum atomic E-state index is 5.87. The molecule has 0 amide bonds. The van der Waals surface area contributed by atoms with E-state index in [1.165, 1.54) is 9.75 Å². The highest BCUT2D eigenvalue weighted by atomic mass is 32.1. The van der Waals surface area contributed by atoms with E-state index in [1.54, 1.807) is 11.3 Å². The molecule has 0 aliphatic carbocycles. The Balaban J connectivity index is 2.52. The zero-order chi connectivity index (χ0) is 9.26. The highest BCUT2D eigenvalue weighted by Crippen LogP contribution is 2.31. The molecule has 0 saturated heterocycles. The SMILES string of the molecule is Cc1ccc(-c2ccccc2N)s1. The molecule has 0 radical (unpaired) electrons. The van der Waals surface area contributed by atoms with Gasteiger partial charge in [0.15, 0.2) is 0 Å². The summed E-state index contributed by atoms with van der Waals surface area (Å²) in [5.74, 6) is 0. The lowest BCUT2D eigenvalue weighted by atomic mass is 10.1. The fraction of sp³-hybridized carbons (Fsp3) is 0.0909. The number of para-hydroxylation sites is 1. The Morgan fingerprint density at radius 1 is 1.08 bits per heavy atom. The monoisotopic (exact) mass is 189 g/mol. The first-order chi connectivity index (χ1) is 6.27. The quantitative estimate of drug-likeness (QED) is 0.684. The number of benzene rings is 1. The van der Waals surface area contributed by atoms with Gasteiger partial charge in [0.25, 0.3) is 0 Å². The predicted octanol–water partition coefficient (Wildman–Crippen LogP) is 3.31. The van der Waals surface area contributed by atoms with E-state index in [-0.39, 0.29) is 0 Å². The molecule has 0 spiro atoms. The van der Waals surface area contributed by atoms with Crippen molar-refractivity contribution in [2.45, 2.75) is 6.92 Å².